The van der Waals surface area contributed by atoms with Crippen LogP contribution < -0.4 is 24.8 Å². The summed E-state index contributed by atoms with van der Waals surface area (Å²) in [6, 6.07) is 8.99. The van der Waals surface area contributed by atoms with Crippen LogP contribution in [0.5, 0.6) is 11.5 Å². The lowest BCUT2D eigenvalue weighted by molar-refractivity contribution is -0.143. The lowest BCUT2D eigenvalue weighted by Gasteiger charge is -2.35. The highest BCUT2D eigenvalue weighted by molar-refractivity contribution is 7.85. The summed E-state index contributed by atoms with van der Waals surface area (Å²) in [5.74, 6) is -1.11. The van der Waals surface area contributed by atoms with Gasteiger partial charge in [-0.1, -0.05) is 46.2 Å². The number of likely N-dealkylation sites (tertiary alicyclic amines) is 1. The molecule has 1 saturated heterocycles. The van der Waals surface area contributed by atoms with Crippen molar-refractivity contribution in [1.29, 1.82) is 0 Å². The highest BCUT2D eigenvalue weighted by atomic mass is 32.2. The SMILES string of the molecule is CC[C@H]1C[C@]1(NC(=O)C1CC(Oc2cccc3cc(OC)ccc23)CN1C(=O)C(NC(=O)OC1CCCC1)C(C)(C)C)C(=O)NS(=O)(=O)OC1CC1. The number of nitrogens with zero attached hydrogens (tertiary/aromatic N) is 1. The Balaban J connectivity index is 1.26. The molecule has 0 aromatic heterocycles. The fraction of sp³-hybridized carbons (Fsp3) is 0.622. The van der Waals surface area contributed by atoms with E-state index >= 15 is 0 Å². The zero-order valence-corrected chi connectivity index (χ0v) is 31.3. The van der Waals surface area contributed by atoms with E-state index in [-0.39, 0.29) is 31.4 Å². The fourth-order valence-electron chi connectivity index (χ4n) is 7.33. The van der Waals surface area contributed by atoms with E-state index in [2.05, 4.69) is 10.6 Å². The van der Waals surface area contributed by atoms with Gasteiger partial charge in [0.15, 0.2) is 0 Å². The van der Waals surface area contributed by atoms with Gasteiger partial charge in [-0.15, -0.1) is 0 Å². The number of hydrogen-bond donors (Lipinski definition) is 3. The molecule has 2 aromatic carbocycles. The normalized spacial score (nSPS) is 25.3. The summed E-state index contributed by atoms with van der Waals surface area (Å²) in [6.07, 6.45) is 3.40. The third-order valence-corrected chi connectivity index (χ3v) is 11.5. The molecule has 0 spiro atoms. The van der Waals surface area contributed by atoms with Gasteiger partial charge in [0.2, 0.25) is 11.8 Å². The van der Waals surface area contributed by atoms with Crippen LogP contribution in [0.1, 0.15) is 85.5 Å². The van der Waals surface area contributed by atoms with Gasteiger partial charge in [-0.3, -0.25) is 18.6 Å². The molecule has 3 saturated carbocycles. The van der Waals surface area contributed by atoms with Gasteiger partial charge in [-0.05, 0) is 85.9 Å². The molecular formula is C37H50N4O10S. The molecule has 15 heteroatoms. The first-order valence-corrected chi connectivity index (χ1v) is 19.6. The Morgan fingerprint density at radius 1 is 1.00 bits per heavy atom. The van der Waals surface area contributed by atoms with Crippen LogP contribution in [0.15, 0.2) is 36.4 Å². The number of alkyl carbamates (subject to hydrolysis) is 1. The molecule has 2 aromatic rings. The zero-order chi connectivity index (χ0) is 37.4. The molecule has 3 aliphatic carbocycles. The van der Waals surface area contributed by atoms with Gasteiger partial charge >= 0.3 is 16.4 Å². The number of ether oxygens (including phenoxy) is 3. The summed E-state index contributed by atoms with van der Waals surface area (Å²) >= 11 is 0. The molecule has 52 heavy (non-hydrogen) atoms. The summed E-state index contributed by atoms with van der Waals surface area (Å²) < 4.78 is 49.7. The van der Waals surface area contributed by atoms with Crippen molar-refractivity contribution in [2.75, 3.05) is 13.7 Å². The van der Waals surface area contributed by atoms with Crippen LogP contribution in [0.3, 0.4) is 0 Å². The van der Waals surface area contributed by atoms with Crippen LogP contribution in [-0.2, 0) is 33.6 Å². The van der Waals surface area contributed by atoms with Crippen molar-refractivity contribution in [3.8, 4) is 11.5 Å². The fourth-order valence-corrected chi connectivity index (χ4v) is 8.33. The second kappa shape index (κ2) is 14.7. The molecular weight excluding hydrogens is 692 g/mol. The average molecular weight is 743 g/mol. The molecule has 284 valence electrons. The third kappa shape index (κ3) is 8.41. The highest BCUT2D eigenvalue weighted by Gasteiger charge is 2.62. The Hall–Kier alpha value is -4.11. The topological polar surface area (TPSA) is 179 Å². The highest BCUT2D eigenvalue weighted by Crippen LogP contribution is 2.47. The van der Waals surface area contributed by atoms with E-state index < -0.39 is 69.4 Å². The maximum absolute atomic E-state index is 14.5. The van der Waals surface area contributed by atoms with Crippen LogP contribution >= 0.6 is 0 Å². The van der Waals surface area contributed by atoms with Crippen molar-refractivity contribution in [2.24, 2.45) is 11.3 Å². The van der Waals surface area contributed by atoms with Gasteiger partial charge in [0.05, 0.1) is 19.8 Å². The average Bonchev–Trinajstić information content (AvgIpc) is 3.92. The molecule has 6 rings (SSSR count). The monoisotopic (exact) mass is 742 g/mol. The molecule has 4 amide bonds. The molecule has 14 nitrogen and oxygen atoms in total. The van der Waals surface area contributed by atoms with E-state index in [1.807, 2.05) is 68.8 Å². The Morgan fingerprint density at radius 2 is 1.73 bits per heavy atom. The molecule has 4 aliphatic rings. The van der Waals surface area contributed by atoms with Crippen LogP contribution in [-0.4, -0.2) is 86.7 Å². The van der Waals surface area contributed by atoms with E-state index in [1.54, 1.807) is 7.11 Å². The largest absolute Gasteiger partial charge is 0.497 e. The molecule has 3 N–H and O–H groups in total. The molecule has 1 aliphatic heterocycles. The first-order valence-electron chi connectivity index (χ1n) is 18.2. The minimum Gasteiger partial charge on any atom is -0.497 e. The van der Waals surface area contributed by atoms with Gasteiger partial charge in [0, 0.05) is 11.8 Å². The Kier molecular flexibility index (Phi) is 10.7. The number of nitrogens with one attached hydrogen (secondary N) is 3. The van der Waals surface area contributed by atoms with E-state index in [9.17, 15) is 27.6 Å². The van der Waals surface area contributed by atoms with Crippen LogP contribution in [0.4, 0.5) is 4.79 Å². The van der Waals surface area contributed by atoms with Crippen molar-refractivity contribution >= 4 is 44.9 Å². The first kappa shape index (κ1) is 37.6. The second-order valence-electron chi connectivity index (χ2n) is 15.5. The number of amides is 4. The number of benzene rings is 2. The molecule has 3 unspecified atom stereocenters. The molecule has 1 heterocycles. The van der Waals surface area contributed by atoms with Crippen molar-refractivity contribution in [2.45, 2.75) is 121 Å². The summed E-state index contributed by atoms with van der Waals surface area (Å²) in [4.78, 5) is 56.8. The van der Waals surface area contributed by atoms with Crippen molar-refractivity contribution in [3.05, 3.63) is 36.4 Å². The van der Waals surface area contributed by atoms with Crippen molar-refractivity contribution in [1.82, 2.24) is 20.3 Å². The molecule has 0 radical (unpaired) electrons. The Labute approximate surface area is 304 Å². The first-order chi connectivity index (χ1) is 24.6. The second-order valence-corrected chi connectivity index (χ2v) is 16.8. The van der Waals surface area contributed by atoms with Gasteiger partial charge in [0.25, 0.3) is 5.91 Å². The van der Waals surface area contributed by atoms with Crippen LogP contribution in [0.2, 0.25) is 0 Å². The van der Waals surface area contributed by atoms with E-state index in [4.69, 9.17) is 18.4 Å². The smallest absolute Gasteiger partial charge is 0.408 e. The predicted molar refractivity (Wildman–Crippen MR) is 191 cm³/mol. The van der Waals surface area contributed by atoms with Gasteiger partial charge < -0.3 is 29.7 Å². The Bertz CT molecular complexity index is 1800. The maximum Gasteiger partial charge on any atom is 0.408 e. The number of methoxy groups -OCH3 is 1. The number of rotatable bonds is 13. The molecule has 0 bridgehead atoms. The number of fused-ring (bicyclic) bond motifs is 1. The number of carbonyl (C=O) groups excluding carboxylic acids is 4. The minimum atomic E-state index is -4.38. The summed E-state index contributed by atoms with van der Waals surface area (Å²) in [7, 11) is -2.79. The minimum absolute atomic E-state index is 0.00933. The lowest BCUT2D eigenvalue weighted by atomic mass is 9.85. The van der Waals surface area contributed by atoms with E-state index in [0.717, 1.165) is 36.5 Å². The van der Waals surface area contributed by atoms with Crippen molar-refractivity contribution < 1.29 is 46.0 Å². The van der Waals surface area contributed by atoms with Crippen molar-refractivity contribution in [3.63, 3.8) is 0 Å². The zero-order valence-electron chi connectivity index (χ0n) is 30.4. The predicted octanol–water partition coefficient (Wildman–Crippen LogP) is 4.11. The third-order valence-electron chi connectivity index (χ3n) is 10.5. The van der Waals surface area contributed by atoms with Gasteiger partial charge in [0.1, 0.15) is 41.3 Å². The summed E-state index contributed by atoms with van der Waals surface area (Å²) in [6.45, 7) is 7.30. The standard InChI is InChI=1S/C37H50N4O10S/c1-6-23-20-37(23,34(44)40-52(46,47)51-25-14-15-25)39-32(42)29-19-27(49-30-13-9-10-22-18-26(48-5)16-17-28(22)30)21-41(29)33(43)31(36(2,3)4)38-35(45)50-24-11-7-8-12-24/h9-10,13,16-18,23-25,27,29,31H,6-8,11-12,14-15,19-21H2,1-5H3,(H,38,45)(H,39,42)(H,40,44)/t23-,27?,29?,31?,37+/m0/s1. The van der Waals surface area contributed by atoms with Gasteiger partial charge in [-0.2, -0.15) is 8.42 Å². The Morgan fingerprint density at radius 3 is 2.37 bits per heavy atom. The number of hydrogen-bond acceptors (Lipinski definition) is 10. The lowest BCUT2D eigenvalue weighted by Crippen LogP contribution is -2.60. The summed E-state index contributed by atoms with van der Waals surface area (Å²) in [5.41, 5.74) is -2.28. The van der Waals surface area contributed by atoms with Crippen LogP contribution in [0, 0.1) is 11.3 Å². The molecule has 4 fully saturated rings. The van der Waals surface area contributed by atoms with E-state index in [1.165, 1.54) is 4.90 Å². The maximum atomic E-state index is 14.5. The van der Waals surface area contributed by atoms with Gasteiger partial charge in [-0.25, -0.2) is 9.52 Å². The molecule has 5 atom stereocenters. The summed E-state index contributed by atoms with van der Waals surface area (Å²) in [5, 5.41) is 7.30. The van der Waals surface area contributed by atoms with E-state index in [0.29, 0.717) is 30.8 Å². The quantitative estimate of drug-likeness (QED) is 0.271. The number of carbonyl (C=O) groups is 4. The van der Waals surface area contributed by atoms with Crippen LogP contribution in [0.25, 0.3) is 10.8 Å².